The van der Waals surface area contributed by atoms with E-state index in [4.69, 9.17) is 9.47 Å². The van der Waals surface area contributed by atoms with Crippen LogP contribution in [0.1, 0.15) is 207 Å². The van der Waals surface area contributed by atoms with E-state index >= 15 is 0 Å². The summed E-state index contributed by atoms with van der Waals surface area (Å²) in [7, 11) is 0. The molecule has 0 aliphatic heterocycles. The molecule has 0 unspecified atom stereocenters. The van der Waals surface area contributed by atoms with Gasteiger partial charge in [0.1, 0.15) is 0 Å². The molecule has 0 rings (SSSR count). The van der Waals surface area contributed by atoms with Crippen molar-refractivity contribution >= 4 is 35.8 Å². The summed E-state index contributed by atoms with van der Waals surface area (Å²) in [6, 6.07) is 0. The second-order valence-electron chi connectivity index (χ2n) is 12.5. The van der Waals surface area contributed by atoms with E-state index in [1.807, 2.05) is 0 Å². The average Bonchev–Trinajstić information content (AvgIpc) is 2.99. The molecule has 0 saturated heterocycles. The summed E-state index contributed by atoms with van der Waals surface area (Å²) in [6.45, 7) is 9.65. The molecule has 0 N–H and O–H groups in total. The summed E-state index contributed by atoms with van der Waals surface area (Å²) in [5.74, 6) is -0.596. The quantitative estimate of drug-likeness (QED) is 0.0301. The molecule has 0 heterocycles. The molecule has 43 heavy (non-hydrogen) atoms. The molecule has 0 saturated carbocycles. The van der Waals surface area contributed by atoms with Gasteiger partial charge in [0.2, 0.25) is 0 Å². The summed E-state index contributed by atoms with van der Waals surface area (Å²) in [4.78, 5) is 26.3. The second kappa shape index (κ2) is 36.0. The number of esters is 2. The van der Waals surface area contributed by atoms with Crippen molar-refractivity contribution in [2.24, 2.45) is 0 Å². The zero-order valence-corrected chi connectivity index (χ0v) is 28.8. The number of carbonyl (C=O) groups is 2. The van der Waals surface area contributed by atoms with Gasteiger partial charge in [-0.3, -0.25) is 0 Å². The summed E-state index contributed by atoms with van der Waals surface area (Å²) in [5.41, 5.74) is 1.13. The van der Waals surface area contributed by atoms with Gasteiger partial charge < -0.3 is 9.47 Å². The van der Waals surface area contributed by atoms with E-state index in [2.05, 4.69) is 27.7 Å². The number of rotatable bonds is 32. The van der Waals surface area contributed by atoms with Crippen molar-refractivity contribution in [1.29, 1.82) is 0 Å². The summed E-state index contributed by atoms with van der Waals surface area (Å²) in [5, 5.41) is 0. The molecular weight excluding hydrogens is 639 g/mol. The first-order chi connectivity index (χ1) is 20.6. The molecule has 0 amide bonds. The average molecular weight is 716 g/mol. The summed E-state index contributed by atoms with van der Waals surface area (Å²) in [6.07, 6.45) is 32.8. The Morgan fingerprint density at radius 3 is 0.837 bits per heavy atom. The van der Waals surface area contributed by atoms with E-state index in [1.54, 1.807) is 0 Å². The van der Waals surface area contributed by atoms with Crippen molar-refractivity contribution in [3.8, 4) is 0 Å². The van der Waals surface area contributed by atoms with Gasteiger partial charge in [-0.25, -0.2) is 9.59 Å². The molecule has 0 spiro atoms. The third-order valence-electron chi connectivity index (χ3n) is 8.38. The first-order valence-corrected chi connectivity index (χ1v) is 18.7. The molecule has 5 heteroatoms. The summed E-state index contributed by atoms with van der Waals surface area (Å²) >= 11 is 0. The molecule has 0 fully saturated rings. The van der Waals surface area contributed by atoms with Gasteiger partial charge in [0.15, 0.2) is 0 Å². The molecule has 0 bridgehead atoms. The van der Waals surface area contributed by atoms with Gasteiger partial charge in [-0.05, 0) is 38.5 Å². The molecule has 0 atom stereocenters. The molecule has 256 valence electrons. The normalized spacial score (nSPS) is 11.6. The topological polar surface area (TPSA) is 52.6 Å². The maximum absolute atomic E-state index is 13.1. The second-order valence-corrected chi connectivity index (χ2v) is 12.5. The van der Waals surface area contributed by atoms with Crippen LogP contribution in [0.3, 0.4) is 0 Å². The van der Waals surface area contributed by atoms with Crippen LogP contribution < -0.4 is 0 Å². The van der Waals surface area contributed by atoms with Crippen LogP contribution in [-0.4, -0.2) is 49.1 Å². The van der Waals surface area contributed by atoms with E-state index in [-0.39, 0.29) is 35.8 Å². The first kappa shape index (κ1) is 44.6. The SMILES string of the molecule is CCCCCCCCCCCCCOC(=O)/C(CCCC)=C(/CCCC)C(=O)OCCCCCCCCCCCCC.[SnH4]. The molecule has 0 radical (unpaired) electrons. The van der Waals surface area contributed by atoms with Gasteiger partial charge in [-0.2, -0.15) is 0 Å². The van der Waals surface area contributed by atoms with E-state index in [9.17, 15) is 9.59 Å². The molecule has 0 aromatic heterocycles. The van der Waals surface area contributed by atoms with Crippen LogP contribution in [0.5, 0.6) is 0 Å². The predicted octanol–water partition coefficient (Wildman–Crippen LogP) is 10.9. The molecule has 4 nitrogen and oxygen atoms in total. The van der Waals surface area contributed by atoms with E-state index in [1.165, 1.54) is 116 Å². The van der Waals surface area contributed by atoms with Crippen LogP contribution in [0.25, 0.3) is 0 Å². The molecule has 0 aromatic carbocycles. The first-order valence-electron chi connectivity index (χ1n) is 18.7. The fourth-order valence-electron chi connectivity index (χ4n) is 5.50. The van der Waals surface area contributed by atoms with E-state index in [0.717, 1.165) is 51.4 Å². The zero-order chi connectivity index (χ0) is 30.9. The fourth-order valence-corrected chi connectivity index (χ4v) is 5.50. The van der Waals surface area contributed by atoms with Gasteiger partial charge in [0.05, 0.1) is 13.2 Å². The van der Waals surface area contributed by atoms with Gasteiger partial charge in [0, 0.05) is 11.1 Å². The van der Waals surface area contributed by atoms with Crippen molar-refractivity contribution in [1.82, 2.24) is 0 Å². The Hall–Kier alpha value is -0.521. The third kappa shape index (κ3) is 28.7. The van der Waals surface area contributed by atoms with Crippen molar-refractivity contribution < 1.29 is 19.1 Å². The third-order valence-corrected chi connectivity index (χ3v) is 8.38. The number of hydrogen-bond acceptors (Lipinski definition) is 4. The Bertz CT molecular complexity index is 592. The predicted molar refractivity (Wildman–Crippen MR) is 192 cm³/mol. The van der Waals surface area contributed by atoms with Crippen LogP contribution in [0.15, 0.2) is 11.1 Å². The monoisotopic (exact) mass is 716 g/mol. The van der Waals surface area contributed by atoms with Crippen LogP contribution in [0.4, 0.5) is 0 Å². The molecule has 0 aromatic rings. The number of hydrogen-bond donors (Lipinski definition) is 0. The van der Waals surface area contributed by atoms with Crippen LogP contribution in [0.2, 0.25) is 0 Å². The Balaban J connectivity index is 0. The Labute approximate surface area is 285 Å². The molecule has 0 aliphatic rings. The van der Waals surface area contributed by atoms with Gasteiger partial charge >= 0.3 is 35.8 Å². The van der Waals surface area contributed by atoms with Gasteiger partial charge in [0.25, 0.3) is 0 Å². The Morgan fingerprint density at radius 1 is 0.349 bits per heavy atom. The zero-order valence-electron chi connectivity index (χ0n) is 28.8. The molecule has 0 aliphatic carbocycles. The maximum atomic E-state index is 13.1. The van der Waals surface area contributed by atoms with E-state index in [0.29, 0.717) is 37.2 Å². The minimum absolute atomic E-state index is 0. The Morgan fingerprint density at radius 2 is 0.581 bits per heavy atom. The van der Waals surface area contributed by atoms with Crippen molar-refractivity contribution in [2.75, 3.05) is 13.2 Å². The number of ether oxygens (including phenoxy) is 2. The van der Waals surface area contributed by atoms with Crippen molar-refractivity contribution in [2.45, 2.75) is 207 Å². The fraction of sp³-hybridized carbons (Fsp3) is 0.895. The van der Waals surface area contributed by atoms with E-state index < -0.39 is 0 Å². The number of unbranched alkanes of at least 4 members (excludes halogenated alkanes) is 22. The molecular formula is C38H76O4Sn. The summed E-state index contributed by atoms with van der Waals surface area (Å²) < 4.78 is 11.4. The van der Waals surface area contributed by atoms with Crippen LogP contribution >= 0.6 is 0 Å². The Kier molecular flexibility index (Phi) is 37.3. The van der Waals surface area contributed by atoms with Gasteiger partial charge in [-0.1, -0.05) is 169 Å². The number of carbonyl (C=O) groups excluding carboxylic acids is 2. The van der Waals surface area contributed by atoms with Crippen molar-refractivity contribution in [3.63, 3.8) is 0 Å². The standard InChI is InChI=1S/C38H72O4.Sn.4H/c1-5-9-13-15-17-19-21-23-25-27-29-33-41-37(39)35(31-11-7-3)36(32-12-8-4)38(40)42-34-30-28-26-24-22-20-18-16-14-10-6-2;;;;;/h5-34H2,1-4H3;;;;;/b36-35-;;;;;. The van der Waals surface area contributed by atoms with Crippen molar-refractivity contribution in [3.05, 3.63) is 11.1 Å². The minimum atomic E-state index is -0.298. The van der Waals surface area contributed by atoms with Crippen LogP contribution in [-0.2, 0) is 19.1 Å². The van der Waals surface area contributed by atoms with Gasteiger partial charge in [-0.15, -0.1) is 0 Å². The van der Waals surface area contributed by atoms with Crippen LogP contribution in [0, 0.1) is 0 Å².